The van der Waals surface area contributed by atoms with E-state index in [0.717, 1.165) is 0 Å². The number of hydrogen-bond donors (Lipinski definition) is 1. The molecule has 18 heavy (non-hydrogen) atoms. The van der Waals surface area contributed by atoms with Gasteiger partial charge in [0.25, 0.3) is 0 Å². The molecule has 2 aromatic carbocycles. The molecule has 0 aliphatic carbocycles. The van der Waals surface area contributed by atoms with E-state index in [9.17, 15) is 9.50 Å². The Morgan fingerprint density at radius 2 is 1.67 bits per heavy atom. The standard InChI is InChI=1S/C12H5BrCl3FO/c13-7-2-1-5(12(17)11(7)16)6-3-9(15)10(18)4-8(6)14/h1-4,18H. The van der Waals surface area contributed by atoms with Gasteiger partial charge >= 0.3 is 0 Å². The quantitative estimate of drug-likeness (QED) is 0.618. The van der Waals surface area contributed by atoms with E-state index in [1.165, 1.54) is 18.2 Å². The zero-order chi connectivity index (χ0) is 13.4. The lowest BCUT2D eigenvalue weighted by Crippen LogP contribution is -1.88. The third-order valence-corrected chi connectivity index (χ3v) is 4.24. The molecule has 0 bridgehead atoms. The second kappa shape index (κ2) is 5.25. The summed E-state index contributed by atoms with van der Waals surface area (Å²) in [6, 6.07) is 5.79. The highest BCUT2D eigenvalue weighted by Gasteiger charge is 2.16. The van der Waals surface area contributed by atoms with E-state index < -0.39 is 5.82 Å². The fraction of sp³-hybridized carbons (Fsp3) is 0. The summed E-state index contributed by atoms with van der Waals surface area (Å²) in [6.45, 7) is 0. The Morgan fingerprint density at radius 3 is 2.33 bits per heavy atom. The van der Waals surface area contributed by atoms with Gasteiger partial charge in [-0.05, 0) is 28.1 Å². The minimum absolute atomic E-state index is 0.0345. The molecule has 0 fully saturated rings. The summed E-state index contributed by atoms with van der Waals surface area (Å²) in [5.41, 5.74) is 0.585. The van der Waals surface area contributed by atoms with Crippen molar-refractivity contribution >= 4 is 50.7 Å². The Kier molecular flexibility index (Phi) is 4.07. The van der Waals surface area contributed by atoms with Crippen LogP contribution in [-0.2, 0) is 0 Å². The van der Waals surface area contributed by atoms with Gasteiger partial charge in [-0.3, -0.25) is 0 Å². The zero-order valence-electron chi connectivity index (χ0n) is 8.65. The molecule has 0 spiro atoms. The molecule has 0 saturated carbocycles. The van der Waals surface area contributed by atoms with Gasteiger partial charge in [0.1, 0.15) is 5.75 Å². The molecular weight excluding hydrogens is 365 g/mol. The highest BCUT2D eigenvalue weighted by molar-refractivity contribution is 9.10. The Hall–Kier alpha value is -0.480. The van der Waals surface area contributed by atoms with Crippen molar-refractivity contribution in [3.63, 3.8) is 0 Å². The largest absolute Gasteiger partial charge is 0.506 e. The Labute approximate surface area is 126 Å². The van der Waals surface area contributed by atoms with Gasteiger partial charge in [-0.2, -0.15) is 0 Å². The summed E-state index contributed by atoms with van der Waals surface area (Å²) in [7, 11) is 0. The lowest BCUT2D eigenvalue weighted by molar-refractivity contribution is 0.475. The molecule has 1 N–H and O–H groups in total. The molecular formula is C12H5BrCl3FO. The van der Waals surface area contributed by atoms with E-state index in [1.807, 2.05) is 0 Å². The van der Waals surface area contributed by atoms with Crippen LogP contribution in [0.1, 0.15) is 0 Å². The molecule has 0 aromatic heterocycles. The fourth-order valence-electron chi connectivity index (χ4n) is 1.48. The van der Waals surface area contributed by atoms with Crippen LogP contribution in [0.4, 0.5) is 4.39 Å². The molecule has 1 nitrogen and oxygen atoms in total. The van der Waals surface area contributed by atoms with Gasteiger partial charge in [0.2, 0.25) is 0 Å². The smallest absolute Gasteiger partial charge is 0.150 e. The van der Waals surface area contributed by atoms with E-state index in [-0.39, 0.29) is 26.4 Å². The van der Waals surface area contributed by atoms with Crippen molar-refractivity contribution in [3.05, 3.63) is 49.6 Å². The molecule has 0 heterocycles. The van der Waals surface area contributed by atoms with Gasteiger partial charge in [-0.1, -0.05) is 40.9 Å². The number of benzene rings is 2. The molecule has 0 amide bonds. The van der Waals surface area contributed by atoms with Gasteiger partial charge in [0, 0.05) is 21.7 Å². The van der Waals surface area contributed by atoms with Crippen LogP contribution in [-0.4, -0.2) is 5.11 Å². The van der Waals surface area contributed by atoms with Crippen LogP contribution < -0.4 is 0 Å². The fourth-order valence-corrected chi connectivity index (χ4v) is 2.37. The molecule has 0 aliphatic heterocycles. The summed E-state index contributed by atoms with van der Waals surface area (Å²) in [4.78, 5) is 0. The van der Waals surface area contributed by atoms with E-state index in [4.69, 9.17) is 34.8 Å². The molecule has 2 rings (SSSR count). The van der Waals surface area contributed by atoms with Gasteiger partial charge in [-0.15, -0.1) is 0 Å². The van der Waals surface area contributed by atoms with Crippen molar-refractivity contribution in [3.8, 4) is 16.9 Å². The number of halogens is 5. The van der Waals surface area contributed by atoms with Crippen LogP contribution in [0.2, 0.25) is 15.1 Å². The van der Waals surface area contributed by atoms with Gasteiger partial charge < -0.3 is 5.11 Å². The highest BCUT2D eigenvalue weighted by Crippen LogP contribution is 2.39. The molecule has 6 heteroatoms. The SMILES string of the molecule is Oc1cc(Cl)c(-c2ccc(Br)c(Cl)c2F)cc1Cl. The number of phenolic OH excluding ortho intramolecular Hbond substituents is 1. The Morgan fingerprint density at radius 1 is 1.00 bits per heavy atom. The van der Waals surface area contributed by atoms with Crippen LogP contribution in [0.25, 0.3) is 11.1 Å². The van der Waals surface area contributed by atoms with Crippen molar-refractivity contribution < 1.29 is 9.50 Å². The van der Waals surface area contributed by atoms with Gasteiger partial charge in [0.15, 0.2) is 5.82 Å². The summed E-state index contributed by atoms with van der Waals surface area (Å²) in [5.74, 6) is -0.760. The second-order valence-electron chi connectivity index (χ2n) is 3.51. The van der Waals surface area contributed by atoms with Crippen molar-refractivity contribution in [1.82, 2.24) is 0 Å². The predicted molar refractivity (Wildman–Crippen MR) is 76.2 cm³/mol. The lowest BCUT2D eigenvalue weighted by Gasteiger charge is -2.09. The summed E-state index contributed by atoms with van der Waals surface area (Å²) >= 11 is 20.7. The maximum Gasteiger partial charge on any atom is 0.150 e. The predicted octanol–water partition coefficient (Wildman–Crippen LogP) is 5.92. The average Bonchev–Trinajstić information content (AvgIpc) is 2.32. The first-order valence-electron chi connectivity index (χ1n) is 4.73. The number of hydrogen-bond acceptors (Lipinski definition) is 1. The first-order chi connectivity index (χ1) is 8.41. The topological polar surface area (TPSA) is 20.2 Å². The van der Waals surface area contributed by atoms with Gasteiger partial charge in [-0.25, -0.2) is 4.39 Å². The minimum atomic E-state index is -0.602. The normalized spacial score (nSPS) is 10.7. The summed E-state index contributed by atoms with van der Waals surface area (Å²) in [6.07, 6.45) is 0. The molecule has 2 aromatic rings. The Bertz CT molecular complexity index is 631. The third kappa shape index (κ3) is 2.45. The summed E-state index contributed by atoms with van der Waals surface area (Å²) < 4.78 is 14.5. The van der Waals surface area contributed by atoms with E-state index in [0.29, 0.717) is 10.0 Å². The first-order valence-corrected chi connectivity index (χ1v) is 6.66. The van der Waals surface area contributed by atoms with Crippen LogP contribution in [0.3, 0.4) is 0 Å². The van der Waals surface area contributed by atoms with Crippen LogP contribution in [0, 0.1) is 5.82 Å². The molecule has 0 radical (unpaired) electrons. The van der Waals surface area contributed by atoms with Crippen LogP contribution in [0.5, 0.6) is 5.75 Å². The number of phenols is 1. The van der Waals surface area contributed by atoms with Gasteiger partial charge in [0.05, 0.1) is 15.1 Å². The molecule has 0 aliphatic rings. The summed E-state index contributed by atoms with van der Waals surface area (Å²) in [5, 5.41) is 9.64. The maximum atomic E-state index is 14.0. The average molecular weight is 370 g/mol. The van der Waals surface area contributed by atoms with Crippen LogP contribution in [0.15, 0.2) is 28.7 Å². The van der Waals surface area contributed by atoms with Crippen LogP contribution >= 0.6 is 50.7 Å². The number of rotatable bonds is 1. The monoisotopic (exact) mass is 368 g/mol. The van der Waals surface area contributed by atoms with E-state index >= 15 is 0 Å². The number of aromatic hydroxyl groups is 1. The van der Waals surface area contributed by atoms with Crippen molar-refractivity contribution in [2.24, 2.45) is 0 Å². The minimum Gasteiger partial charge on any atom is -0.506 e. The Balaban J connectivity index is 2.70. The maximum absolute atomic E-state index is 14.0. The van der Waals surface area contributed by atoms with E-state index in [1.54, 1.807) is 6.07 Å². The molecule has 0 saturated heterocycles. The van der Waals surface area contributed by atoms with E-state index in [2.05, 4.69) is 15.9 Å². The van der Waals surface area contributed by atoms with Crippen molar-refractivity contribution in [1.29, 1.82) is 0 Å². The lowest BCUT2D eigenvalue weighted by atomic mass is 10.0. The van der Waals surface area contributed by atoms with Crippen molar-refractivity contribution in [2.45, 2.75) is 0 Å². The zero-order valence-corrected chi connectivity index (χ0v) is 12.5. The van der Waals surface area contributed by atoms with Crippen molar-refractivity contribution in [2.75, 3.05) is 0 Å². The highest BCUT2D eigenvalue weighted by atomic mass is 79.9. The third-order valence-electron chi connectivity index (χ3n) is 2.36. The first kappa shape index (κ1) is 13.9. The molecule has 0 atom stereocenters. The second-order valence-corrected chi connectivity index (χ2v) is 5.55. The molecule has 94 valence electrons. The molecule has 0 unspecified atom stereocenters.